The maximum absolute atomic E-state index is 11.4. The predicted molar refractivity (Wildman–Crippen MR) is 50.8 cm³/mol. The van der Waals surface area contributed by atoms with Crippen LogP contribution in [0.4, 0.5) is 0 Å². The first-order valence-electron chi connectivity index (χ1n) is 4.09. The van der Waals surface area contributed by atoms with E-state index < -0.39 is 21.1 Å². The third-order valence-corrected chi connectivity index (χ3v) is 3.75. The van der Waals surface area contributed by atoms with Crippen LogP contribution in [0.25, 0.3) is 0 Å². The van der Waals surface area contributed by atoms with E-state index in [1.54, 1.807) is 0 Å². The average molecular weight is 225 g/mol. The average Bonchev–Trinajstić information content (AvgIpc) is 2.10. The second-order valence-corrected chi connectivity index (χ2v) is 5.07. The van der Waals surface area contributed by atoms with Gasteiger partial charge in [0.15, 0.2) is 15.1 Å². The second-order valence-electron chi connectivity index (χ2n) is 2.76. The van der Waals surface area contributed by atoms with Crippen LogP contribution in [-0.2, 0) is 19.4 Å². The number of carboxylic acids is 1. The largest absolute Gasteiger partial charge is 0.480 e. The van der Waals surface area contributed by atoms with E-state index in [1.807, 2.05) is 0 Å². The van der Waals surface area contributed by atoms with Gasteiger partial charge in [0.05, 0.1) is 12.4 Å². The lowest BCUT2D eigenvalue weighted by molar-refractivity contribution is -0.136. The van der Waals surface area contributed by atoms with E-state index in [9.17, 15) is 13.2 Å². The fraction of sp³-hybridized carbons (Fsp3) is 0.857. The molecule has 0 rings (SSSR count). The van der Waals surface area contributed by atoms with Gasteiger partial charge in [0, 0.05) is 7.11 Å². The van der Waals surface area contributed by atoms with Gasteiger partial charge < -0.3 is 15.6 Å². The van der Waals surface area contributed by atoms with E-state index in [0.29, 0.717) is 0 Å². The number of nitrogens with two attached hydrogens (primary N) is 1. The van der Waals surface area contributed by atoms with Crippen molar-refractivity contribution >= 4 is 15.8 Å². The Kier molecular flexibility index (Phi) is 5.66. The third-order valence-electron chi connectivity index (χ3n) is 1.71. The van der Waals surface area contributed by atoms with E-state index in [1.165, 1.54) is 7.11 Å². The topological polar surface area (TPSA) is 107 Å². The van der Waals surface area contributed by atoms with Gasteiger partial charge >= 0.3 is 5.97 Å². The van der Waals surface area contributed by atoms with Crippen molar-refractivity contribution in [2.24, 2.45) is 5.73 Å². The van der Waals surface area contributed by atoms with Crippen molar-refractivity contribution in [3.8, 4) is 0 Å². The van der Waals surface area contributed by atoms with Gasteiger partial charge in [0.25, 0.3) is 0 Å². The number of hydrogen-bond donors (Lipinski definition) is 2. The smallest absolute Gasteiger partial charge is 0.321 e. The van der Waals surface area contributed by atoms with Gasteiger partial charge in [-0.2, -0.15) is 0 Å². The predicted octanol–water partition coefficient (Wildman–Crippen LogP) is -1.15. The quantitative estimate of drug-likeness (QED) is 0.566. The van der Waals surface area contributed by atoms with Gasteiger partial charge in [-0.05, 0) is 13.0 Å². The van der Waals surface area contributed by atoms with E-state index in [2.05, 4.69) is 4.74 Å². The number of rotatable bonds is 7. The van der Waals surface area contributed by atoms with Crippen molar-refractivity contribution in [2.45, 2.75) is 11.7 Å². The van der Waals surface area contributed by atoms with Gasteiger partial charge in [-0.3, -0.25) is 4.79 Å². The molecule has 0 saturated carbocycles. The number of aliphatic carboxylic acids is 1. The SMILES string of the molecule is COCCS(=O)(=O)C(CCN)C(=O)O. The second kappa shape index (κ2) is 5.94. The fourth-order valence-electron chi connectivity index (χ4n) is 0.950. The Morgan fingerprint density at radius 2 is 2.14 bits per heavy atom. The number of carbonyl (C=O) groups is 1. The molecule has 0 aliphatic carbocycles. The van der Waals surface area contributed by atoms with Crippen LogP contribution in [0.15, 0.2) is 0 Å². The molecule has 14 heavy (non-hydrogen) atoms. The highest BCUT2D eigenvalue weighted by atomic mass is 32.2. The molecule has 7 heteroatoms. The molecule has 0 amide bonds. The van der Waals surface area contributed by atoms with Crippen LogP contribution in [0.2, 0.25) is 0 Å². The summed E-state index contributed by atoms with van der Waals surface area (Å²) >= 11 is 0. The molecule has 3 N–H and O–H groups in total. The number of hydrogen-bond acceptors (Lipinski definition) is 5. The molecule has 0 aliphatic heterocycles. The molecule has 84 valence electrons. The summed E-state index contributed by atoms with van der Waals surface area (Å²) in [6.45, 7) is 0.0276. The lowest BCUT2D eigenvalue weighted by atomic mass is 10.3. The minimum Gasteiger partial charge on any atom is -0.480 e. The highest BCUT2D eigenvalue weighted by Gasteiger charge is 2.31. The van der Waals surface area contributed by atoms with Gasteiger partial charge in [-0.25, -0.2) is 8.42 Å². The highest BCUT2D eigenvalue weighted by molar-refractivity contribution is 7.92. The van der Waals surface area contributed by atoms with Crippen molar-refractivity contribution in [1.29, 1.82) is 0 Å². The summed E-state index contributed by atoms with van der Waals surface area (Å²) in [7, 11) is -2.30. The minimum atomic E-state index is -3.65. The minimum absolute atomic E-state index is 0.00329. The first kappa shape index (κ1) is 13.3. The van der Waals surface area contributed by atoms with Crippen molar-refractivity contribution in [2.75, 3.05) is 26.0 Å². The molecule has 0 bridgehead atoms. The monoisotopic (exact) mass is 225 g/mol. The molecule has 0 heterocycles. The van der Waals surface area contributed by atoms with Crippen molar-refractivity contribution in [3.05, 3.63) is 0 Å². The summed E-state index contributed by atoms with van der Waals surface area (Å²) in [5.41, 5.74) is 5.13. The summed E-state index contributed by atoms with van der Waals surface area (Å²) in [6, 6.07) is 0. The molecule has 0 fully saturated rings. The zero-order chi connectivity index (χ0) is 11.2. The maximum atomic E-state index is 11.4. The van der Waals surface area contributed by atoms with E-state index in [0.717, 1.165) is 0 Å². The van der Waals surface area contributed by atoms with Crippen LogP contribution in [0.3, 0.4) is 0 Å². The number of ether oxygens (including phenoxy) is 1. The fourth-order valence-corrected chi connectivity index (χ4v) is 2.44. The summed E-state index contributed by atoms with van der Waals surface area (Å²) in [4.78, 5) is 10.6. The van der Waals surface area contributed by atoms with Crippen molar-refractivity contribution < 1.29 is 23.1 Å². The zero-order valence-electron chi connectivity index (χ0n) is 7.97. The van der Waals surface area contributed by atoms with Crippen LogP contribution in [0.1, 0.15) is 6.42 Å². The van der Waals surface area contributed by atoms with Crippen LogP contribution < -0.4 is 5.73 Å². The lowest BCUT2D eigenvalue weighted by Gasteiger charge is -2.11. The van der Waals surface area contributed by atoms with Crippen LogP contribution >= 0.6 is 0 Å². The standard InChI is InChI=1S/C7H15NO5S/c1-13-4-5-14(11,12)6(2-3-8)7(9)10/h6H,2-5,8H2,1H3,(H,9,10). The zero-order valence-corrected chi connectivity index (χ0v) is 8.79. The molecule has 0 aromatic heterocycles. The van der Waals surface area contributed by atoms with Gasteiger partial charge in [0.2, 0.25) is 0 Å². The molecule has 6 nitrogen and oxygen atoms in total. The lowest BCUT2D eigenvalue weighted by Crippen LogP contribution is -2.35. The molecule has 0 aromatic rings. The van der Waals surface area contributed by atoms with E-state index in [-0.39, 0.29) is 25.3 Å². The summed E-state index contributed by atoms with van der Waals surface area (Å²) in [5.74, 6) is -1.65. The third kappa shape index (κ3) is 4.03. The Balaban J connectivity index is 4.55. The Hall–Kier alpha value is -0.660. The first-order chi connectivity index (χ1) is 6.45. The van der Waals surface area contributed by atoms with E-state index >= 15 is 0 Å². The van der Waals surface area contributed by atoms with Gasteiger partial charge in [-0.15, -0.1) is 0 Å². The normalized spacial score (nSPS) is 13.9. The van der Waals surface area contributed by atoms with Crippen LogP contribution in [-0.4, -0.2) is 50.8 Å². The molecule has 1 atom stereocenters. The Morgan fingerprint density at radius 3 is 2.50 bits per heavy atom. The van der Waals surface area contributed by atoms with Crippen molar-refractivity contribution in [3.63, 3.8) is 0 Å². The van der Waals surface area contributed by atoms with Gasteiger partial charge in [-0.1, -0.05) is 0 Å². The number of carboxylic acid groups (broad SMARTS) is 1. The summed E-state index contributed by atoms with van der Waals surface area (Å²) in [5, 5.41) is 7.25. The molecule has 0 saturated heterocycles. The van der Waals surface area contributed by atoms with Gasteiger partial charge in [0.1, 0.15) is 0 Å². The molecule has 1 unspecified atom stereocenters. The Bertz CT molecular complexity index is 274. The molecule has 0 aliphatic rings. The summed E-state index contributed by atoms with van der Waals surface area (Å²) < 4.78 is 27.4. The number of sulfone groups is 1. The number of methoxy groups -OCH3 is 1. The molecule has 0 radical (unpaired) electrons. The summed E-state index contributed by atoms with van der Waals surface area (Å²) in [6.07, 6.45) is -0.0681. The molecule has 0 spiro atoms. The Labute approximate surface area is 83.0 Å². The maximum Gasteiger partial charge on any atom is 0.321 e. The molecular weight excluding hydrogens is 210 g/mol. The van der Waals surface area contributed by atoms with E-state index in [4.69, 9.17) is 10.8 Å². The first-order valence-corrected chi connectivity index (χ1v) is 5.80. The Morgan fingerprint density at radius 1 is 1.57 bits per heavy atom. The van der Waals surface area contributed by atoms with Crippen LogP contribution in [0.5, 0.6) is 0 Å². The highest BCUT2D eigenvalue weighted by Crippen LogP contribution is 2.07. The molecular formula is C7H15NO5S. The van der Waals surface area contributed by atoms with Crippen molar-refractivity contribution in [1.82, 2.24) is 0 Å². The van der Waals surface area contributed by atoms with Crippen LogP contribution in [0, 0.1) is 0 Å². The molecule has 0 aromatic carbocycles.